The van der Waals surface area contributed by atoms with Crippen LogP contribution in [0.2, 0.25) is 0 Å². The fourth-order valence-corrected chi connectivity index (χ4v) is 3.54. The summed E-state index contributed by atoms with van der Waals surface area (Å²) in [6.45, 7) is 4.91. The zero-order chi connectivity index (χ0) is 18.1. The van der Waals surface area contributed by atoms with Crippen molar-refractivity contribution in [1.82, 2.24) is 30.6 Å². The largest absolute Gasteiger partial charge is 0.348 e. The summed E-state index contributed by atoms with van der Waals surface area (Å²) in [5.41, 5.74) is 2.73. The molecule has 2 atom stereocenters. The van der Waals surface area contributed by atoms with Gasteiger partial charge in [-0.2, -0.15) is 0 Å². The van der Waals surface area contributed by atoms with Crippen LogP contribution in [-0.2, 0) is 0 Å². The molecule has 1 aliphatic rings. The third kappa shape index (κ3) is 4.27. The zero-order valence-electron chi connectivity index (χ0n) is 15.8. The summed E-state index contributed by atoms with van der Waals surface area (Å²) in [7, 11) is 0. The molecule has 0 bridgehead atoms. The first kappa shape index (κ1) is 22.1. The van der Waals surface area contributed by atoms with Crippen LogP contribution in [0.1, 0.15) is 35.9 Å². The minimum absolute atomic E-state index is 0. The summed E-state index contributed by atoms with van der Waals surface area (Å²) in [4.78, 5) is 17.1. The predicted octanol–water partition coefficient (Wildman–Crippen LogP) is 2.84. The number of hydrogen-bond acceptors (Lipinski definition) is 5. The Morgan fingerprint density at radius 2 is 2.04 bits per heavy atom. The highest BCUT2D eigenvalue weighted by Crippen LogP contribution is 2.21. The molecular formula is C19H24Cl2N6O. The van der Waals surface area contributed by atoms with Crippen molar-refractivity contribution in [3.05, 3.63) is 47.9 Å². The number of nitrogens with zero attached hydrogens (tertiary/aromatic N) is 4. The molecule has 9 heteroatoms. The van der Waals surface area contributed by atoms with E-state index in [0.717, 1.165) is 36.0 Å². The van der Waals surface area contributed by atoms with Crippen molar-refractivity contribution < 1.29 is 4.79 Å². The van der Waals surface area contributed by atoms with Crippen LogP contribution in [0.25, 0.3) is 16.6 Å². The van der Waals surface area contributed by atoms with Crippen LogP contribution in [0, 0.1) is 6.92 Å². The van der Waals surface area contributed by atoms with Crippen LogP contribution < -0.4 is 10.6 Å². The highest BCUT2D eigenvalue weighted by Gasteiger charge is 2.24. The second-order valence-electron chi connectivity index (χ2n) is 6.84. The normalized spacial score (nSPS) is 18.8. The maximum absolute atomic E-state index is 12.7. The molecule has 1 aliphatic heterocycles. The number of rotatable bonds is 3. The molecular weight excluding hydrogens is 399 g/mol. The number of hydrogen-bond donors (Lipinski definition) is 2. The standard InChI is InChI=1S/C19H22N6O.2ClH/c1-12-11-15(8-10-20-12)22-19(26)17-13(2)25(24-23-17)16-7-3-5-14-6-4-9-21-18(14)16;;/h3-7,9,12,15,20H,8,10-11H2,1-2H3,(H,22,26);2*1H. The highest BCUT2D eigenvalue weighted by molar-refractivity contribution is 5.94. The van der Waals surface area contributed by atoms with Gasteiger partial charge >= 0.3 is 0 Å². The summed E-state index contributed by atoms with van der Waals surface area (Å²) < 4.78 is 1.69. The number of fused-ring (bicyclic) bond motifs is 1. The van der Waals surface area contributed by atoms with Gasteiger partial charge in [0, 0.05) is 23.7 Å². The van der Waals surface area contributed by atoms with Crippen LogP contribution >= 0.6 is 24.8 Å². The van der Waals surface area contributed by atoms with Crippen LogP contribution in [-0.4, -0.2) is 44.5 Å². The van der Waals surface area contributed by atoms with Crippen LogP contribution in [0.5, 0.6) is 0 Å². The van der Waals surface area contributed by atoms with Crippen LogP contribution in [0.15, 0.2) is 36.5 Å². The smallest absolute Gasteiger partial charge is 0.273 e. The van der Waals surface area contributed by atoms with Crippen molar-refractivity contribution in [2.75, 3.05) is 6.54 Å². The molecule has 3 aromatic rings. The summed E-state index contributed by atoms with van der Waals surface area (Å²) in [6, 6.07) is 10.4. The Labute approximate surface area is 176 Å². The van der Waals surface area contributed by atoms with Gasteiger partial charge < -0.3 is 10.6 Å². The number of amides is 1. The van der Waals surface area contributed by atoms with E-state index in [2.05, 4.69) is 32.9 Å². The van der Waals surface area contributed by atoms with Crippen LogP contribution in [0.3, 0.4) is 0 Å². The number of carbonyl (C=O) groups is 1. The Morgan fingerprint density at radius 1 is 1.25 bits per heavy atom. The molecule has 4 rings (SSSR count). The van der Waals surface area contributed by atoms with Crippen LogP contribution in [0.4, 0.5) is 0 Å². The fourth-order valence-electron chi connectivity index (χ4n) is 3.54. The van der Waals surface area contributed by atoms with E-state index < -0.39 is 0 Å². The minimum atomic E-state index is -0.166. The first-order valence-electron chi connectivity index (χ1n) is 8.94. The third-order valence-corrected chi connectivity index (χ3v) is 4.91. The molecule has 1 amide bonds. The average Bonchev–Trinajstić information content (AvgIpc) is 3.02. The quantitative estimate of drug-likeness (QED) is 0.677. The van der Waals surface area contributed by atoms with E-state index in [-0.39, 0.29) is 36.8 Å². The second-order valence-corrected chi connectivity index (χ2v) is 6.84. The summed E-state index contributed by atoms with van der Waals surface area (Å²) in [6.07, 6.45) is 3.60. The zero-order valence-corrected chi connectivity index (χ0v) is 17.4. The van der Waals surface area contributed by atoms with E-state index >= 15 is 0 Å². The molecule has 3 heterocycles. The summed E-state index contributed by atoms with van der Waals surface area (Å²) in [5, 5.41) is 15.9. The molecule has 1 saturated heterocycles. The lowest BCUT2D eigenvalue weighted by molar-refractivity contribution is 0.0920. The van der Waals surface area contributed by atoms with Gasteiger partial charge in [-0.15, -0.1) is 29.9 Å². The lowest BCUT2D eigenvalue weighted by atomic mass is 10.0. The van der Waals surface area contributed by atoms with Crippen molar-refractivity contribution in [1.29, 1.82) is 0 Å². The monoisotopic (exact) mass is 422 g/mol. The number of carbonyl (C=O) groups excluding carboxylic acids is 1. The van der Waals surface area contributed by atoms with E-state index in [1.54, 1.807) is 10.9 Å². The molecule has 0 aliphatic carbocycles. The number of piperidine rings is 1. The Kier molecular flexibility index (Phi) is 7.35. The van der Waals surface area contributed by atoms with E-state index in [9.17, 15) is 4.79 Å². The molecule has 150 valence electrons. The number of nitrogens with one attached hydrogen (secondary N) is 2. The second kappa shape index (κ2) is 9.32. The number of para-hydroxylation sites is 1. The van der Waals surface area contributed by atoms with Gasteiger partial charge in [0.25, 0.3) is 5.91 Å². The van der Waals surface area contributed by atoms with Gasteiger partial charge in [-0.25, -0.2) is 4.68 Å². The van der Waals surface area contributed by atoms with E-state index in [0.29, 0.717) is 17.4 Å². The first-order chi connectivity index (χ1) is 12.6. The van der Waals surface area contributed by atoms with Crippen molar-refractivity contribution in [3.8, 4) is 5.69 Å². The Hall–Kier alpha value is -2.22. The van der Waals surface area contributed by atoms with Crippen molar-refractivity contribution in [2.45, 2.75) is 38.8 Å². The molecule has 28 heavy (non-hydrogen) atoms. The number of benzene rings is 1. The Bertz CT molecular complexity index is 955. The molecule has 2 aromatic heterocycles. The van der Waals surface area contributed by atoms with Gasteiger partial charge in [0.2, 0.25) is 0 Å². The van der Waals surface area contributed by atoms with Crippen molar-refractivity contribution >= 4 is 41.6 Å². The Morgan fingerprint density at radius 3 is 2.82 bits per heavy atom. The topological polar surface area (TPSA) is 84.7 Å². The van der Waals surface area contributed by atoms with Gasteiger partial charge in [0.1, 0.15) is 0 Å². The molecule has 2 unspecified atom stereocenters. The predicted molar refractivity (Wildman–Crippen MR) is 114 cm³/mol. The lowest BCUT2D eigenvalue weighted by Gasteiger charge is -2.28. The van der Waals surface area contributed by atoms with Gasteiger partial charge in [-0.05, 0) is 45.4 Å². The fraction of sp³-hybridized carbons (Fsp3) is 0.368. The maximum Gasteiger partial charge on any atom is 0.273 e. The minimum Gasteiger partial charge on any atom is -0.348 e. The van der Waals surface area contributed by atoms with Gasteiger partial charge in [0.05, 0.1) is 16.9 Å². The number of halogens is 2. The molecule has 2 N–H and O–H groups in total. The summed E-state index contributed by atoms with van der Waals surface area (Å²) >= 11 is 0. The Balaban J connectivity index is 0.00000140. The van der Waals surface area contributed by atoms with E-state index in [1.165, 1.54) is 0 Å². The van der Waals surface area contributed by atoms with Crippen molar-refractivity contribution in [2.24, 2.45) is 0 Å². The SMILES string of the molecule is Cc1c(C(=O)NC2CCNC(C)C2)nnn1-c1cccc2cccnc12.Cl.Cl. The van der Waals surface area contributed by atoms with E-state index in [1.807, 2.05) is 37.3 Å². The van der Waals surface area contributed by atoms with Gasteiger partial charge in [-0.1, -0.05) is 23.4 Å². The number of pyridine rings is 1. The highest BCUT2D eigenvalue weighted by atomic mass is 35.5. The molecule has 1 aromatic carbocycles. The molecule has 0 saturated carbocycles. The molecule has 7 nitrogen and oxygen atoms in total. The molecule has 0 spiro atoms. The van der Waals surface area contributed by atoms with Gasteiger partial charge in [-0.3, -0.25) is 9.78 Å². The average molecular weight is 423 g/mol. The van der Waals surface area contributed by atoms with Crippen molar-refractivity contribution in [3.63, 3.8) is 0 Å². The maximum atomic E-state index is 12.7. The number of aromatic nitrogens is 4. The lowest BCUT2D eigenvalue weighted by Crippen LogP contribution is -2.46. The molecule has 1 fully saturated rings. The van der Waals surface area contributed by atoms with E-state index in [4.69, 9.17) is 0 Å². The first-order valence-corrected chi connectivity index (χ1v) is 8.94. The van der Waals surface area contributed by atoms with Gasteiger partial charge in [0.15, 0.2) is 5.69 Å². The summed E-state index contributed by atoms with van der Waals surface area (Å²) in [5.74, 6) is -0.166. The third-order valence-electron chi connectivity index (χ3n) is 4.91. The molecule has 0 radical (unpaired) electrons.